The summed E-state index contributed by atoms with van der Waals surface area (Å²) in [7, 11) is 0. The quantitative estimate of drug-likeness (QED) is 0.666. The lowest BCUT2D eigenvalue weighted by Crippen LogP contribution is -2.05. The predicted octanol–water partition coefficient (Wildman–Crippen LogP) is 2.57. The normalized spacial score (nSPS) is 10.1. The van der Waals surface area contributed by atoms with Crippen molar-refractivity contribution in [2.24, 2.45) is 0 Å². The lowest BCUT2D eigenvalue weighted by Gasteiger charge is -2.05. The van der Waals surface area contributed by atoms with Crippen molar-refractivity contribution in [2.45, 2.75) is 0 Å². The summed E-state index contributed by atoms with van der Waals surface area (Å²) < 4.78 is 13.0. The van der Waals surface area contributed by atoms with E-state index >= 15 is 0 Å². The van der Waals surface area contributed by atoms with E-state index < -0.39 is 11.6 Å². The van der Waals surface area contributed by atoms with Gasteiger partial charge in [-0.05, 0) is 30.3 Å². The first-order valence-electron chi connectivity index (χ1n) is 5.20. The third-order valence-electron chi connectivity index (χ3n) is 2.50. The summed E-state index contributed by atoms with van der Waals surface area (Å²) in [5.41, 5.74) is 0.335. The second-order valence-corrected chi connectivity index (χ2v) is 3.73. The van der Waals surface area contributed by atoms with Gasteiger partial charge < -0.3 is 5.11 Å². The Kier molecular flexibility index (Phi) is 3.19. The van der Waals surface area contributed by atoms with Crippen LogP contribution in [0.3, 0.4) is 0 Å². The van der Waals surface area contributed by atoms with Crippen LogP contribution in [0.2, 0.25) is 0 Å². The number of carbonyl (C=O) groups excluding carboxylic acids is 2. The Bertz CT molecular complexity index is 620. The Balaban J connectivity index is 2.52. The fourth-order valence-corrected chi connectivity index (χ4v) is 1.63. The van der Waals surface area contributed by atoms with E-state index in [1.165, 1.54) is 36.4 Å². The molecule has 0 saturated heterocycles. The lowest BCUT2D eigenvalue weighted by molar-refractivity contribution is 0.102. The van der Waals surface area contributed by atoms with E-state index in [4.69, 9.17) is 0 Å². The SMILES string of the molecule is O=Cc1ccc(O)cc1C(=O)c1cccc(F)c1. The number of benzene rings is 2. The predicted molar refractivity (Wildman–Crippen MR) is 63.3 cm³/mol. The molecule has 0 fully saturated rings. The van der Waals surface area contributed by atoms with Gasteiger partial charge in [0.1, 0.15) is 11.6 Å². The van der Waals surface area contributed by atoms with Crippen molar-refractivity contribution < 1.29 is 19.1 Å². The molecular formula is C14H9FO3. The number of aldehydes is 1. The minimum atomic E-state index is -0.534. The number of hydrogen-bond acceptors (Lipinski definition) is 3. The van der Waals surface area contributed by atoms with E-state index in [1.54, 1.807) is 0 Å². The third-order valence-corrected chi connectivity index (χ3v) is 2.50. The van der Waals surface area contributed by atoms with Gasteiger partial charge in [0.25, 0.3) is 0 Å². The topological polar surface area (TPSA) is 54.4 Å². The van der Waals surface area contributed by atoms with Crippen LogP contribution in [0.1, 0.15) is 26.3 Å². The molecule has 0 amide bonds. The largest absolute Gasteiger partial charge is 0.508 e. The zero-order valence-electron chi connectivity index (χ0n) is 9.26. The molecule has 0 aliphatic carbocycles. The van der Waals surface area contributed by atoms with Gasteiger partial charge in [0.2, 0.25) is 0 Å². The maximum atomic E-state index is 13.0. The van der Waals surface area contributed by atoms with Crippen LogP contribution in [0, 0.1) is 5.82 Å². The Labute approximate surface area is 103 Å². The van der Waals surface area contributed by atoms with Crippen LogP contribution in [-0.4, -0.2) is 17.2 Å². The van der Waals surface area contributed by atoms with Crippen LogP contribution >= 0.6 is 0 Å². The molecule has 0 heterocycles. The molecule has 1 N–H and O–H groups in total. The molecule has 2 rings (SSSR count). The van der Waals surface area contributed by atoms with Crippen molar-refractivity contribution in [3.8, 4) is 5.75 Å². The summed E-state index contributed by atoms with van der Waals surface area (Å²) in [5, 5.41) is 9.34. The number of phenolic OH excluding ortho intramolecular Hbond substituents is 1. The number of halogens is 1. The zero-order chi connectivity index (χ0) is 13.1. The van der Waals surface area contributed by atoms with Crippen LogP contribution in [0.5, 0.6) is 5.75 Å². The fraction of sp³-hybridized carbons (Fsp3) is 0. The van der Waals surface area contributed by atoms with Crippen molar-refractivity contribution in [3.63, 3.8) is 0 Å². The average molecular weight is 244 g/mol. The monoisotopic (exact) mass is 244 g/mol. The highest BCUT2D eigenvalue weighted by Crippen LogP contribution is 2.19. The van der Waals surface area contributed by atoms with Crippen molar-refractivity contribution >= 4 is 12.1 Å². The van der Waals surface area contributed by atoms with Crippen LogP contribution in [0.4, 0.5) is 4.39 Å². The highest BCUT2D eigenvalue weighted by atomic mass is 19.1. The molecule has 0 spiro atoms. The molecule has 0 radical (unpaired) electrons. The molecule has 2 aromatic carbocycles. The molecule has 0 aliphatic rings. The molecule has 0 bridgehead atoms. The molecule has 90 valence electrons. The first-order valence-corrected chi connectivity index (χ1v) is 5.20. The van der Waals surface area contributed by atoms with E-state index in [9.17, 15) is 19.1 Å². The van der Waals surface area contributed by atoms with Crippen LogP contribution in [0.25, 0.3) is 0 Å². The van der Waals surface area contributed by atoms with E-state index in [0.717, 1.165) is 6.07 Å². The molecule has 0 aromatic heterocycles. The van der Waals surface area contributed by atoms with Gasteiger partial charge >= 0.3 is 0 Å². The van der Waals surface area contributed by atoms with Gasteiger partial charge in [0, 0.05) is 16.7 Å². The second-order valence-electron chi connectivity index (χ2n) is 3.73. The minimum Gasteiger partial charge on any atom is -0.508 e. The summed E-state index contributed by atoms with van der Waals surface area (Å²) in [6.45, 7) is 0. The van der Waals surface area contributed by atoms with Gasteiger partial charge in [0.05, 0.1) is 0 Å². The van der Waals surface area contributed by atoms with Crippen LogP contribution in [0.15, 0.2) is 42.5 Å². The maximum absolute atomic E-state index is 13.0. The smallest absolute Gasteiger partial charge is 0.193 e. The molecule has 0 saturated carbocycles. The third kappa shape index (κ3) is 2.27. The highest BCUT2D eigenvalue weighted by Gasteiger charge is 2.14. The summed E-state index contributed by atoms with van der Waals surface area (Å²) in [5.74, 6) is -1.17. The van der Waals surface area contributed by atoms with Gasteiger partial charge in [-0.3, -0.25) is 9.59 Å². The van der Waals surface area contributed by atoms with E-state index in [1.807, 2.05) is 0 Å². The molecule has 0 atom stereocenters. The molecule has 0 aliphatic heterocycles. The van der Waals surface area contributed by atoms with Gasteiger partial charge in [0.15, 0.2) is 12.1 Å². The zero-order valence-corrected chi connectivity index (χ0v) is 9.26. The Morgan fingerprint density at radius 1 is 1.17 bits per heavy atom. The molecule has 2 aromatic rings. The van der Waals surface area contributed by atoms with E-state index in [-0.39, 0.29) is 22.4 Å². The summed E-state index contributed by atoms with van der Waals surface area (Å²) in [6, 6.07) is 9.01. The maximum Gasteiger partial charge on any atom is 0.193 e. The number of rotatable bonds is 3. The fourth-order valence-electron chi connectivity index (χ4n) is 1.63. The summed E-state index contributed by atoms with van der Waals surface area (Å²) in [4.78, 5) is 22.9. The Morgan fingerprint density at radius 3 is 2.61 bits per heavy atom. The van der Waals surface area contributed by atoms with Gasteiger partial charge in [-0.2, -0.15) is 0 Å². The van der Waals surface area contributed by atoms with Crippen molar-refractivity contribution in [1.29, 1.82) is 0 Å². The van der Waals surface area contributed by atoms with Crippen LogP contribution < -0.4 is 0 Å². The molecule has 3 nitrogen and oxygen atoms in total. The molecule has 18 heavy (non-hydrogen) atoms. The Hall–Kier alpha value is -2.49. The number of ketones is 1. The van der Waals surface area contributed by atoms with E-state index in [2.05, 4.69) is 0 Å². The first-order chi connectivity index (χ1) is 8.61. The molecule has 4 heteroatoms. The molecular weight excluding hydrogens is 235 g/mol. The number of hydrogen-bond donors (Lipinski definition) is 1. The number of carbonyl (C=O) groups is 2. The van der Waals surface area contributed by atoms with Crippen molar-refractivity contribution in [1.82, 2.24) is 0 Å². The number of aromatic hydroxyl groups is 1. The van der Waals surface area contributed by atoms with Crippen LogP contribution in [-0.2, 0) is 0 Å². The summed E-state index contributed by atoms with van der Waals surface area (Å²) in [6.07, 6.45) is 0.520. The first kappa shape index (κ1) is 12.0. The van der Waals surface area contributed by atoms with E-state index in [0.29, 0.717) is 6.29 Å². The minimum absolute atomic E-state index is 0.0515. The molecule has 0 unspecified atom stereocenters. The van der Waals surface area contributed by atoms with Gasteiger partial charge in [-0.25, -0.2) is 4.39 Å². The number of phenols is 1. The van der Waals surface area contributed by atoms with Crippen molar-refractivity contribution in [3.05, 3.63) is 65.0 Å². The lowest BCUT2D eigenvalue weighted by atomic mass is 9.98. The Morgan fingerprint density at radius 2 is 1.94 bits per heavy atom. The van der Waals surface area contributed by atoms with Gasteiger partial charge in [-0.1, -0.05) is 12.1 Å². The second kappa shape index (κ2) is 4.79. The average Bonchev–Trinajstić information content (AvgIpc) is 2.38. The van der Waals surface area contributed by atoms with Gasteiger partial charge in [-0.15, -0.1) is 0 Å². The van der Waals surface area contributed by atoms with Crippen molar-refractivity contribution in [2.75, 3.05) is 0 Å². The standard InChI is InChI=1S/C14H9FO3/c15-11-3-1-2-9(6-11)14(18)13-7-12(17)5-4-10(13)8-16/h1-8,17H. The summed E-state index contributed by atoms with van der Waals surface area (Å²) >= 11 is 0. The highest BCUT2D eigenvalue weighted by molar-refractivity contribution is 6.12.